The van der Waals surface area contributed by atoms with Gasteiger partial charge in [0.25, 0.3) is 0 Å². The maximum Gasteiger partial charge on any atom is 0.0381 e. The number of aryl methyl sites for hydroxylation is 1. The van der Waals surface area contributed by atoms with Crippen LogP contribution in [0.5, 0.6) is 0 Å². The van der Waals surface area contributed by atoms with Crippen LogP contribution in [0.4, 0.5) is 0 Å². The second kappa shape index (κ2) is 3.46. The zero-order chi connectivity index (χ0) is 11.3. The summed E-state index contributed by atoms with van der Waals surface area (Å²) < 4.78 is 1.47. The Morgan fingerprint density at radius 1 is 1.19 bits per heavy atom. The topological polar surface area (TPSA) is 0 Å². The van der Waals surface area contributed by atoms with Crippen LogP contribution in [0.15, 0.2) is 24.3 Å². The van der Waals surface area contributed by atoms with E-state index in [1.54, 1.807) is 4.88 Å². The third-order valence-electron chi connectivity index (χ3n) is 3.75. The molecule has 0 nitrogen and oxygen atoms in total. The number of hydrogen-bond acceptors (Lipinski definition) is 1. The van der Waals surface area contributed by atoms with Gasteiger partial charge < -0.3 is 0 Å². The van der Waals surface area contributed by atoms with Crippen LogP contribution in [0, 0.1) is 12.8 Å². The minimum atomic E-state index is 0.664. The normalized spacial score (nSPS) is 23.7. The van der Waals surface area contributed by atoms with Crippen LogP contribution in [0.25, 0.3) is 16.2 Å². The summed E-state index contributed by atoms with van der Waals surface area (Å²) in [7, 11) is 0. The van der Waals surface area contributed by atoms with E-state index in [0.717, 1.165) is 0 Å². The summed E-state index contributed by atoms with van der Waals surface area (Å²) >= 11 is 1.99. The largest absolute Gasteiger partial charge is 0.139 e. The van der Waals surface area contributed by atoms with E-state index in [4.69, 9.17) is 0 Å². The monoisotopic (exact) mass is 228 g/mol. The van der Waals surface area contributed by atoms with Crippen LogP contribution in [-0.4, -0.2) is 0 Å². The Bertz CT molecular complexity index is 574. The Balaban J connectivity index is 2.36. The molecule has 0 aliphatic heterocycles. The summed E-state index contributed by atoms with van der Waals surface area (Å²) in [6.07, 6.45) is 4.67. The molecule has 3 rings (SSSR count). The highest BCUT2D eigenvalue weighted by atomic mass is 32.1. The van der Waals surface area contributed by atoms with Gasteiger partial charge in [0.1, 0.15) is 0 Å². The summed E-state index contributed by atoms with van der Waals surface area (Å²) in [6.45, 7) is 6.86. The first-order valence-electron chi connectivity index (χ1n) is 5.88. The summed E-state index contributed by atoms with van der Waals surface area (Å²) in [6, 6.07) is 6.63. The molecule has 0 spiro atoms. The lowest BCUT2D eigenvalue weighted by molar-refractivity contribution is 0.596. The maximum absolute atomic E-state index is 2.35. The second-order valence-electron chi connectivity index (χ2n) is 4.84. The van der Waals surface area contributed by atoms with Gasteiger partial charge in [-0.05, 0) is 29.9 Å². The highest BCUT2D eigenvalue weighted by Gasteiger charge is 2.23. The number of benzene rings is 1. The molecule has 2 unspecified atom stereocenters. The number of allylic oxidation sites excluding steroid dienone is 1. The van der Waals surface area contributed by atoms with Crippen molar-refractivity contribution in [2.75, 3.05) is 0 Å². The smallest absolute Gasteiger partial charge is 0.0381 e. The Labute approximate surface area is 101 Å². The minimum Gasteiger partial charge on any atom is -0.139 e. The highest BCUT2D eigenvalue weighted by Crippen LogP contribution is 2.43. The van der Waals surface area contributed by atoms with Gasteiger partial charge in [-0.15, -0.1) is 11.3 Å². The predicted octanol–water partition coefficient (Wildman–Crippen LogP) is 4.98. The molecule has 0 N–H and O–H groups in total. The van der Waals surface area contributed by atoms with Crippen molar-refractivity contribution in [2.45, 2.75) is 26.7 Å². The second-order valence-corrected chi connectivity index (χ2v) is 5.89. The lowest BCUT2D eigenvalue weighted by atomic mass is 9.86. The van der Waals surface area contributed by atoms with Gasteiger partial charge in [0, 0.05) is 15.0 Å². The van der Waals surface area contributed by atoms with Crippen LogP contribution in [0.1, 0.15) is 35.8 Å². The third kappa shape index (κ3) is 1.28. The van der Waals surface area contributed by atoms with E-state index in [1.807, 2.05) is 11.3 Å². The maximum atomic E-state index is 2.35. The molecule has 1 aromatic heterocycles. The molecule has 0 saturated heterocycles. The number of rotatable bonds is 0. The molecular formula is C15H16S. The van der Waals surface area contributed by atoms with Crippen LogP contribution in [0.3, 0.4) is 0 Å². The summed E-state index contributed by atoms with van der Waals surface area (Å²) in [5.74, 6) is 1.33. The van der Waals surface area contributed by atoms with Gasteiger partial charge in [-0.25, -0.2) is 0 Å². The average Bonchev–Trinajstić information content (AvgIpc) is 2.65. The first kappa shape index (κ1) is 10.1. The molecule has 0 bridgehead atoms. The molecule has 2 atom stereocenters. The number of hydrogen-bond donors (Lipinski definition) is 0. The lowest BCUT2D eigenvalue weighted by Gasteiger charge is -2.20. The lowest BCUT2D eigenvalue weighted by Crippen LogP contribution is -2.06. The number of thiophene rings is 1. The van der Waals surface area contributed by atoms with E-state index in [9.17, 15) is 0 Å². The molecule has 1 aromatic carbocycles. The predicted molar refractivity (Wildman–Crippen MR) is 73.2 cm³/mol. The van der Waals surface area contributed by atoms with Gasteiger partial charge >= 0.3 is 0 Å². The molecule has 0 radical (unpaired) electrons. The van der Waals surface area contributed by atoms with Crippen molar-refractivity contribution >= 4 is 27.5 Å². The van der Waals surface area contributed by atoms with Gasteiger partial charge in [0.05, 0.1) is 0 Å². The first-order chi connectivity index (χ1) is 7.68. The molecule has 82 valence electrons. The van der Waals surface area contributed by atoms with E-state index in [2.05, 4.69) is 51.1 Å². The van der Waals surface area contributed by atoms with Gasteiger partial charge in [-0.3, -0.25) is 0 Å². The van der Waals surface area contributed by atoms with E-state index < -0.39 is 0 Å². The van der Waals surface area contributed by atoms with E-state index in [-0.39, 0.29) is 0 Å². The molecule has 1 aliphatic rings. The van der Waals surface area contributed by atoms with Gasteiger partial charge in [0.15, 0.2) is 0 Å². The summed E-state index contributed by atoms with van der Waals surface area (Å²) in [4.78, 5) is 1.57. The molecule has 16 heavy (non-hydrogen) atoms. The third-order valence-corrected chi connectivity index (χ3v) is 5.31. The fourth-order valence-electron chi connectivity index (χ4n) is 2.46. The summed E-state index contributed by atoms with van der Waals surface area (Å²) in [5, 5.41) is 1.44. The molecule has 0 amide bonds. The Morgan fingerprint density at radius 3 is 2.81 bits per heavy atom. The zero-order valence-electron chi connectivity index (χ0n) is 9.95. The quantitative estimate of drug-likeness (QED) is 0.597. The first-order valence-corrected chi connectivity index (χ1v) is 6.70. The van der Waals surface area contributed by atoms with E-state index in [1.165, 1.54) is 21.2 Å². The molecule has 1 heteroatoms. The van der Waals surface area contributed by atoms with Gasteiger partial charge in [-0.2, -0.15) is 0 Å². The van der Waals surface area contributed by atoms with Crippen LogP contribution >= 0.6 is 11.3 Å². The van der Waals surface area contributed by atoms with Crippen molar-refractivity contribution in [1.82, 2.24) is 0 Å². The van der Waals surface area contributed by atoms with E-state index in [0.29, 0.717) is 11.8 Å². The Hall–Kier alpha value is -1.08. The fraction of sp³-hybridized carbons (Fsp3) is 0.333. The van der Waals surface area contributed by atoms with Crippen molar-refractivity contribution in [3.05, 3.63) is 40.3 Å². The standard InChI is InChI=1S/C15H16S/c1-9-7-8-13-12-6-4-5-10(2)14(12)16-15(13)11(9)3/h4-9,11H,1-3H3. The van der Waals surface area contributed by atoms with Crippen LogP contribution in [0.2, 0.25) is 0 Å². The van der Waals surface area contributed by atoms with Crippen molar-refractivity contribution in [2.24, 2.45) is 5.92 Å². The van der Waals surface area contributed by atoms with Crippen molar-refractivity contribution < 1.29 is 0 Å². The molecule has 0 fully saturated rings. The molecule has 1 aliphatic carbocycles. The van der Waals surface area contributed by atoms with E-state index >= 15 is 0 Å². The number of fused-ring (bicyclic) bond motifs is 3. The average molecular weight is 228 g/mol. The van der Waals surface area contributed by atoms with Crippen molar-refractivity contribution in [3.8, 4) is 0 Å². The summed E-state index contributed by atoms with van der Waals surface area (Å²) in [5.41, 5.74) is 2.87. The van der Waals surface area contributed by atoms with Gasteiger partial charge in [-0.1, -0.05) is 44.2 Å². The highest BCUT2D eigenvalue weighted by molar-refractivity contribution is 7.19. The minimum absolute atomic E-state index is 0.664. The molecular weight excluding hydrogens is 212 g/mol. The Kier molecular flexibility index (Phi) is 2.18. The van der Waals surface area contributed by atoms with Crippen LogP contribution < -0.4 is 0 Å². The molecule has 0 saturated carbocycles. The fourth-order valence-corrected chi connectivity index (χ4v) is 3.89. The van der Waals surface area contributed by atoms with Crippen molar-refractivity contribution in [3.63, 3.8) is 0 Å². The van der Waals surface area contributed by atoms with Gasteiger partial charge in [0.2, 0.25) is 0 Å². The zero-order valence-corrected chi connectivity index (χ0v) is 10.8. The van der Waals surface area contributed by atoms with Crippen molar-refractivity contribution in [1.29, 1.82) is 0 Å². The SMILES string of the molecule is Cc1cccc2c3c(sc12)C(C)C(C)C=C3. The molecule has 1 heterocycles. The Morgan fingerprint density at radius 2 is 2.00 bits per heavy atom. The molecule has 2 aromatic rings. The van der Waals surface area contributed by atoms with Crippen LogP contribution in [-0.2, 0) is 0 Å².